The second kappa shape index (κ2) is 4.12. The molecule has 1 atom stereocenters. The Morgan fingerprint density at radius 1 is 1.70 bits per heavy atom. The molecule has 0 unspecified atom stereocenters. The molecule has 2 N–H and O–H groups in total. The molecule has 1 fully saturated rings. The lowest BCUT2D eigenvalue weighted by atomic mass is 10.1. The maximum atomic E-state index is 10.6. The van der Waals surface area contributed by atoms with Crippen LogP contribution < -0.4 is 10.6 Å². The summed E-state index contributed by atoms with van der Waals surface area (Å²) in [6.07, 6.45) is 2.28. The first-order valence-electron chi connectivity index (χ1n) is 3.46. The second-order valence-corrected chi connectivity index (χ2v) is 3.44. The van der Waals surface area contributed by atoms with E-state index >= 15 is 0 Å². The van der Waals surface area contributed by atoms with Crippen LogP contribution in [-0.4, -0.2) is 23.0 Å². The molecular formula is C6H11IN2O. The van der Waals surface area contributed by atoms with Gasteiger partial charge in [0.25, 0.3) is 3.91 Å². The molecule has 0 bridgehead atoms. The minimum atomic E-state index is 0.0475. The molecule has 0 aromatic rings. The van der Waals surface area contributed by atoms with E-state index in [1.165, 1.54) is 6.42 Å². The number of hydrogen-bond donors (Lipinski definition) is 2. The Morgan fingerprint density at radius 3 is 3.00 bits per heavy atom. The number of carbonyl (C=O) groups excluding carboxylic acids is 1. The van der Waals surface area contributed by atoms with Crippen LogP contribution >= 0.6 is 22.6 Å². The van der Waals surface area contributed by atoms with E-state index < -0.39 is 0 Å². The molecule has 58 valence electrons. The van der Waals surface area contributed by atoms with Crippen LogP contribution in [0.5, 0.6) is 0 Å². The zero-order chi connectivity index (χ0) is 7.40. The maximum Gasteiger partial charge on any atom is 0.280 e. The Labute approximate surface area is 74.1 Å². The number of nitrogens with one attached hydrogen (secondary N) is 2. The van der Waals surface area contributed by atoms with Crippen LogP contribution in [0, 0.1) is 0 Å². The van der Waals surface area contributed by atoms with E-state index in [4.69, 9.17) is 0 Å². The summed E-state index contributed by atoms with van der Waals surface area (Å²) in [4.78, 5) is 10.6. The summed E-state index contributed by atoms with van der Waals surface area (Å²) in [6, 6.07) is 0.359. The molecule has 0 aromatic heterocycles. The van der Waals surface area contributed by atoms with Crippen molar-refractivity contribution in [3.63, 3.8) is 0 Å². The molecule has 0 saturated carbocycles. The van der Waals surface area contributed by atoms with Crippen LogP contribution in [0.2, 0.25) is 0 Å². The van der Waals surface area contributed by atoms with Crippen LogP contribution in [0.15, 0.2) is 0 Å². The van der Waals surface area contributed by atoms with E-state index in [0.29, 0.717) is 6.04 Å². The zero-order valence-electron chi connectivity index (χ0n) is 5.69. The molecule has 0 aliphatic carbocycles. The Morgan fingerprint density at radius 2 is 2.50 bits per heavy atom. The Balaban J connectivity index is 2.19. The lowest BCUT2D eigenvalue weighted by Crippen LogP contribution is -2.43. The fraction of sp³-hybridized carbons (Fsp3) is 0.833. The van der Waals surface area contributed by atoms with E-state index in [-0.39, 0.29) is 3.91 Å². The van der Waals surface area contributed by atoms with Crippen LogP contribution in [0.1, 0.15) is 12.8 Å². The number of rotatable bonds is 1. The fourth-order valence-corrected chi connectivity index (χ4v) is 1.58. The summed E-state index contributed by atoms with van der Waals surface area (Å²) < 4.78 is 0.0475. The zero-order valence-corrected chi connectivity index (χ0v) is 7.85. The van der Waals surface area contributed by atoms with Crippen molar-refractivity contribution in [1.82, 2.24) is 10.6 Å². The molecule has 10 heavy (non-hydrogen) atoms. The molecule has 0 spiro atoms. The number of carbonyl (C=O) groups is 1. The third-order valence-electron chi connectivity index (χ3n) is 1.61. The Bertz CT molecular complexity index is 123. The van der Waals surface area contributed by atoms with E-state index in [2.05, 4.69) is 10.6 Å². The van der Waals surface area contributed by atoms with Crippen LogP contribution in [0.3, 0.4) is 0 Å². The van der Waals surface area contributed by atoms with E-state index in [1.807, 2.05) is 0 Å². The lowest BCUT2D eigenvalue weighted by Gasteiger charge is -2.22. The highest BCUT2D eigenvalue weighted by Crippen LogP contribution is 2.01. The summed E-state index contributed by atoms with van der Waals surface area (Å²) in [7, 11) is 0. The third-order valence-corrected chi connectivity index (χ3v) is 1.93. The van der Waals surface area contributed by atoms with Gasteiger partial charge in [0.05, 0.1) is 0 Å². The van der Waals surface area contributed by atoms with E-state index in [0.717, 1.165) is 19.5 Å². The summed E-state index contributed by atoms with van der Waals surface area (Å²) >= 11 is 1.77. The van der Waals surface area contributed by atoms with Gasteiger partial charge in [-0.3, -0.25) is 4.79 Å². The largest absolute Gasteiger partial charge is 0.343 e. The first-order valence-corrected chi connectivity index (χ1v) is 4.53. The van der Waals surface area contributed by atoms with Crippen molar-refractivity contribution in [1.29, 1.82) is 0 Å². The number of halogens is 1. The lowest BCUT2D eigenvalue weighted by molar-refractivity contribution is 0.256. The highest BCUT2D eigenvalue weighted by atomic mass is 127. The van der Waals surface area contributed by atoms with Crippen molar-refractivity contribution in [3.05, 3.63) is 0 Å². The van der Waals surface area contributed by atoms with Crippen molar-refractivity contribution in [2.45, 2.75) is 18.9 Å². The summed E-state index contributed by atoms with van der Waals surface area (Å²) in [5.74, 6) is 0. The van der Waals surface area contributed by atoms with Crippen molar-refractivity contribution >= 4 is 26.5 Å². The predicted octanol–water partition coefficient (Wildman–Crippen LogP) is 0.883. The quantitative estimate of drug-likeness (QED) is 0.414. The van der Waals surface area contributed by atoms with Crippen LogP contribution in [0.25, 0.3) is 0 Å². The highest BCUT2D eigenvalue weighted by molar-refractivity contribution is 14.1. The number of piperidine rings is 1. The highest BCUT2D eigenvalue weighted by Gasteiger charge is 2.12. The average Bonchev–Trinajstić information content (AvgIpc) is 1.88. The Hall–Kier alpha value is 0.160. The normalized spacial score (nSPS) is 25.9. The third kappa shape index (κ3) is 2.83. The smallest absolute Gasteiger partial charge is 0.280 e. The van der Waals surface area contributed by atoms with Crippen molar-refractivity contribution in [2.75, 3.05) is 13.1 Å². The minimum absolute atomic E-state index is 0.0475. The molecule has 1 heterocycles. The van der Waals surface area contributed by atoms with Gasteiger partial charge < -0.3 is 10.6 Å². The first kappa shape index (κ1) is 8.26. The SMILES string of the molecule is O=C(I)N[C@H]1CCCNC1. The summed E-state index contributed by atoms with van der Waals surface area (Å²) in [6.45, 7) is 2.02. The standard InChI is InChI=1S/C6H11IN2O/c7-6(10)9-5-2-1-3-8-4-5/h5,8H,1-4H2,(H,9,10)/t5-/m0/s1. The van der Waals surface area contributed by atoms with Gasteiger partial charge in [0, 0.05) is 35.2 Å². The van der Waals surface area contributed by atoms with Crippen molar-refractivity contribution in [2.24, 2.45) is 0 Å². The Kier molecular flexibility index (Phi) is 3.41. The minimum Gasteiger partial charge on any atom is -0.343 e. The number of hydrogen-bond acceptors (Lipinski definition) is 2. The summed E-state index contributed by atoms with van der Waals surface area (Å²) in [5.41, 5.74) is 0. The molecule has 3 nitrogen and oxygen atoms in total. The molecule has 1 rings (SSSR count). The molecule has 1 saturated heterocycles. The molecule has 1 amide bonds. The molecule has 0 aromatic carbocycles. The number of amides is 1. The van der Waals surface area contributed by atoms with E-state index in [1.54, 1.807) is 22.6 Å². The fourth-order valence-electron chi connectivity index (χ4n) is 1.14. The molecule has 4 heteroatoms. The molecule has 0 radical (unpaired) electrons. The van der Waals surface area contributed by atoms with E-state index in [9.17, 15) is 4.79 Å². The van der Waals surface area contributed by atoms with Gasteiger partial charge in [-0.15, -0.1) is 0 Å². The monoisotopic (exact) mass is 254 g/mol. The van der Waals surface area contributed by atoms with Crippen LogP contribution in [-0.2, 0) is 0 Å². The van der Waals surface area contributed by atoms with Gasteiger partial charge in [-0.2, -0.15) is 0 Å². The van der Waals surface area contributed by atoms with Crippen molar-refractivity contribution in [3.8, 4) is 0 Å². The molecule has 1 aliphatic rings. The van der Waals surface area contributed by atoms with Gasteiger partial charge in [0.1, 0.15) is 0 Å². The molecular weight excluding hydrogens is 243 g/mol. The van der Waals surface area contributed by atoms with Gasteiger partial charge >= 0.3 is 0 Å². The van der Waals surface area contributed by atoms with Gasteiger partial charge in [-0.25, -0.2) is 0 Å². The van der Waals surface area contributed by atoms with Gasteiger partial charge in [-0.05, 0) is 19.4 Å². The second-order valence-electron chi connectivity index (χ2n) is 2.46. The van der Waals surface area contributed by atoms with Crippen molar-refractivity contribution < 1.29 is 4.79 Å². The topological polar surface area (TPSA) is 41.1 Å². The molecule has 1 aliphatic heterocycles. The van der Waals surface area contributed by atoms with Crippen LogP contribution in [0.4, 0.5) is 4.79 Å². The average molecular weight is 254 g/mol. The predicted molar refractivity (Wildman–Crippen MR) is 48.4 cm³/mol. The van der Waals surface area contributed by atoms with Gasteiger partial charge in [0.2, 0.25) is 0 Å². The summed E-state index contributed by atoms with van der Waals surface area (Å²) in [5, 5.41) is 6.09. The van der Waals surface area contributed by atoms with Gasteiger partial charge in [0.15, 0.2) is 0 Å². The van der Waals surface area contributed by atoms with Gasteiger partial charge in [-0.1, -0.05) is 0 Å². The maximum absolute atomic E-state index is 10.6. The first-order chi connectivity index (χ1) is 4.79.